The molecule has 1 atom stereocenters. The number of fused-ring (bicyclic) bond motifs is 1. The Balaban J connectivity index is 1.18. The monoisotopic (exact) mass is 464 g/mol. The molecule has 3 heterocycles. The van der Waals surface area contributed by atoms with E-state index in [9.17, 15) is 0 Å². The number of piperazine rings is 1. The normalized spacial score (nSPS) is 16.8. The molecule has 5 rings (SSSR count). The fourth-order valence-corrected chi connectivity index (χ4v) is 4.87. The minimum absolute atomic E-state index is 0.215. The van der Waals surface area contributed by atoms with E-state index < -0.39 is 5.92 Å². The van der Waals surface area contributed by atoms with Gasteiger partial charge in [-0.25, -0.2) is 8.78 Å². The number of hydrogen-bond acceptors (Lipinski definition) is 4. The van der Waals surface area contributed by atoms with Crippen LogP contribution >= 0.6 is 0 Å². The Hall–Kier alpha value is -3.10. The maximum absolute atomic E-state index is 15.1. The number of rotatable bonds is 8. The van der Waals surface area contributed by atoms with Crippen molar-refractivity contribution in [2.45, 2.75) is 25.2 Å². The number of aromatic nitrogens is 4. The van der Waals surface area contributed by atoms with Gasteiger partial charge in [0.15, 0.2) is 0 Å². The summed E-state index contributed by atoms with van der Waals surface area (Å²) in [5, 5.41) is 8.46. The second-order valence-electron chi connectivity index (χ2n) is 9.33. The predicted molar refractivity (Wildman–Crippen MR) is 130 cm³/mol. The lowest BCUT2D eigenvalue weighted by Gasteiger charge is -2.37. The van der Waals surface area contributed by atoms with Crippen LogP contribution in [0.15, 0.2) is 67.4 Å². The van der Waals surface area contributed by atoms with Crippen molar-refractivity contribution in [1.82, 2.24) is 29.5 Å². The Kier molecular flexibility index (Phi) is 6.43. The molecule has 1 N–H and O–H groups in total. The molecule has 2 aromatic carbocycles. The SMILES string of the molecule is C[C@H](CN1CCN(CC(F)(F)Cc2c[nH]c3ccc(-n4cnnc4)cc23)CC1)c1ccccc1. The van der Waals surface area contributed by atoms with Crippen LogP contribution in [0.2, 0.25) is 0 Å². The number of aromatic amines is 1. The molecule has 1 fully saturated rings. The topological polar surface area (TPSA) is 53.0 Å². The molecule has 0 amide bonds. The number of benzene rings is 2. The van der Waals surface area contributed by atoms with Crippen molar-refractivity contribution in [1.29, 1.82) is 0 Å². The van der Waals surface area contributed by atoms with Gasteiger partial charge in [-0.1, -0.05) is 37.3 Å². The molecule has 0 saturated carbocycles. The Morgan fingerprint density at radius 1 is 0.971 bits per heavy atom. The van der Waals surface area contributed by atoms with Crippen molar-refractivity contribution in [2.75, 3.05) is 39.3 Å². The molecule has 34 heavy (non-hydrogen) atoms. The van der Waals surface area contributed by atoms with Crippen LogP contribution in [0.3, 0.4) is 0 Å². The van der Waals surface area contributed by atoms with E-state index in [1.807, 2.05) is 29.2 Å². The highest BCUT2D eigenvalue weighted by Gasteiger charge is 2.34. The standard InChI is InChI=1S/C26H30F2N6/c1-20(21-5-3-2-4-6-21)16-32-9-11-33(12-10-32)17-26(27,28)14-22-15-29-25-8-7-23(13-24(22)25)34-18-30-31-19-34/h2-8,13,15,18-20,29H,9-12,14,16-17H2,1H3/t20-/m1/s1. The summed E-state index contributed by atoms with van der Waals surface area (Å²) in [5.41, 5.74) is 3.65. The van der Waals surface area contributed by atoms with Gasteiger partial charge in [-0.2, -0.15) is 0 Å². The van der Waals surface area contributed by atoms with Crippen molar-refractivity contribution in [3.05, 3.63) is 78.5 Å². The summed E-state index contributed by atoms with van der Waals surface area (Å²) in [5.74, 6) is -2.37. The van der Waals surface area contributed by atoms with Crippen LogP contribution < -0.4 is 0 Å². The average Bonchev–Trinajstić information content (AvgIpc) is 3.51. The molecule has 0 unspecified atom stereocenters. The van der Waals surface area contributed by atoms with Crippen LogP contribution in [0.25, 0.3) is 16.6 Å². The highest BCUT2D eigenvalue weighted by atomic mass is 19.3. The molecule has 1 aliphatic heterocycles. The molecule has 0 radical (unpaired) electrons. The van der Waals surface area contributed by atoms with E-state index in [0.717, 1.165) is 36.2 Å². The van der Waals surface area contributed by atoms with E-state index in [2.05, 4.69) is 51.3 Å². The van der Waals surface area contributed by atoms with Gasteiger partial charge in [-0.15, -0.1) is 10.2 Å². The molecule has 0 spiro atoms. The summed E-state index contributed by atoms with van der Waals surface area (Å²) in [6.07, 6.45) is 4.62. The molecule has 178 valence electrons. The van der Waals surface area contributed by atoms with Crippen LogP contribution in [0, 0.1) is 0 Å². The third kappa shape index (κ3) is 5.18. The van der Waals surface area contributed by atoms with Gasteiger partial charge in [0.1, 0.15) is 12.7 Å². The van der Waals surface area contributed by atoms with Gasteiger partial charge in [0.2, 0.25) is 0 Å². The summed E-state index contributed by atoms with van der Waals surface area (Å²) in [4.78, 5) is 7.42. The molecule has 6 nitrogen and oxygen atoms in total. The van der Waals surface area contributed by atoms with Crippen LogP contribution in [-0.2, 0) is 6.42 Å². The van der Waals surface area contributed by atoms with Crippen LogP contribution in [0.1, 0.15) is 24.0 Å². The maximum atomic E-state index is 15.1. The van der Waals surface area contributed by atoms with Crippen molar-refractivity contribution < 1.29 is 8.78 Å². The highest BCUT2D eigenvalue weighted by Crippen LogP contribution is 2.29. The first kappa shape index (κ1) is 22.7. The quantitative estimate of drug-likeness (QED) is 0.421. The summed E-state index contributed by atoms with van der Waals surface area (Å²) in [6.45, 7) is 5.95. The second-order valence-corrected chi connectivity index (χ2v) is 9.33. The zero-order valence-electron chi connectivity index (χ0n) is 19.4. The summed E-state index contributed by atoms with van der Waals surface area (Å²) in [7, 11) is 0. The van der Waals surface area contributed by atoms with E-state index in [1.54, 1.807) is 23.4 Å². The van der Waals surface area contributed by atoms with E-state index in [0.29, 0.717) is 24.6 Å². The molecule has 4 aromatic rings. The predicted octanol–water partition coefficient (Wildman–Crippen LogP) is 4.35. The molecule has 8 heteroatoms. The molecule has 1 saturated heterocycles. The van der Waals surface area contributed by atoms with E-state index in [4.69, 9.17) is 0 Å². The molecule has 0 bridgehead atoms. The summed E-state index contributed by atoms with van der Waals surface area (Å²) < 4.78 is 32.0. The lowest BCUT2D eigenvalue weighted by molar-refractivity contribution is -0.0411. The molecular weight excluding hydrogens is 434 g/mol. The maximum Gasteiger partial charge on any atom is 0.264 e. The lowest BCUT2D eigenvalue weighted by atomic mass is 10.0. The Labute approximate surface area is 198 Å². The van der Waals surface area contributed by atoms with Gasteiger partial charge in [-0.05, 0) is 35.2 Å². The van der Waals surface area contributed by atoms with Gasteiger partial charge in [-0.3, -0.25) is 9.47 Å². The Morgan fingerprint density at radius 3 is 2.41 bits per heavy atom. The fourth-order valence-electron chi connectivity index (χ4n) is 4.87. The average molecular weight is 465 g/mol. The number of halogens is 2. The Morgan fingerprint density at radius 2 is 1.68 bits per heavy atom. The van der Waals surface area contributed by atoms with Gasteiger partial charge < -0.3 is 9.88 Å². The summed E-state index contributed by atoms with van der Waals surface area (Å²) in [6, 6.07) is 16.2. The molecular formula is C26H30F2N6. The van der Waals surface area contributed by atoms with Crippen molar-refractivity contribution in [3.8, 4) is 5.69 Å². The summed E-state index contributed by atoms with van der Waals surface area (Å²) >= 11 is 0. The fraction of sp³-hybridized carbons (Fsp3) is 0.385. The van der Waals surface area contributed by atoms with Crippen LogP contribution in [0.5, 0.6) is 0 Å². The first-order valence-corrected chi connectivity index (χ1v) is 11.8. The largest absolute Gasteiger partial charge is 0.361 e. The zero-order valence-corrected chi connectivity index (χ0v) is 19.4. The Bertz CT molecular complexity index is 1200. The second kappa shape index (κ2) is 9.64. The van der Waals surface area contributed by atoms with E-state index in [-0.39, 0.29) is 13.0 Å². The van der Waals surface area contributed by atoms with Crippen LogP contribution in [-0.4, -0.2) is 74.7 Å². The van der Waals surface area contributed by atoms with E-state index >= 15 is 8.78 Å². The highest BCUT2D eigenvalue weighted by molar-refractivity contribution is 5.85. The van der Waals surface area contributed by atoms with Crippen molar-refractivity contribution in [2.24, 2.45) is 0 Å². The smallest absolute Gasteiger partial charge is 0.264 e. The van der Waals surface area contributed by atoms with Crippen molar-refractivity contribution >= 4 is 10.9 Å². The van der Waals surface area contributed by atoms with Gasteiger partial charge in [0.05, 0.1) is 6.54 Å². The number of nitrogens with one attached hydrogen (secondary N) is 1. The van der Waals surface area contributed by atoms with Gasteiger partial charge in [0, 0.05) is 61.9 Å². The molecule has 0 aliphatic carbocycles. The number of hydrogen-bond donors (Lipinski definition) is 1. The third-order valence-corrected chi connectivity index (χ3v) is 6.74. The van der Waals surface area contributed by atoms with E-state index in [1.165, 1.54) is 5.56 Å². The zero-order chi connectivity index (χ0) is 23.5. The number of nitrogens with zero attached hydrogens (tertiary/aromatic N) is 5. The first-order valence-electron chi connectivity index (χ1n) is 11.8. The third-order valence-electron chi connectivity index (χ3n) is 6.74. The first-order chi connectivity index (χ1) is 16.5. The number of alkyl halides is 2. The van der Waals surface area contributed by atoms with Crippen LogP contribution in [0.4, 0.5) is 8.78 Å². The molecule has 2 aromatic heterocycles. The number of H-pyrrole nitrogens is 1. The minimum Gasteiger partial charge on any atom is -0.361 e. The minimum atomic E-state index is -2.80. The lowest BCUT2D eigenvalue weighted by Crippen LogP contribution is -2.50. The van der Waals surface area contributed by atoms with Gasteiger partial charge >= 0.3 is 0 Å². The molecule has 1 aliphatic rings. The van der Waals surface area contributed by atoms with Gasteiger partial charge in [0.25, 0.3) is 5.92 Å². The van der Waals surface area contributed by atoms with Crippen molar-refractivity contribution in [3.63, 3.8) is 0 Å².